The number of nitrogens with zero attached hydrogens (tertiary/aromatic N) is 3. The minimum absolute atomic E-state index is 0. The maximum atomic E-state index is 6.36. The van der Waals surface area contributed by atoms with Crippen molar-refractivity contribution in [2.75, 3.05) is 0 Å². The van der Waals surface area contributed by atoms with Gasteiger partial charge >= 0.3 is 0 Å². The standard InChI is InChI=1S/C26H21NO.C19H27NSi.C16H19N.Ir/c1-16-9-10-27-24(14-16)23-6-4-5-22-21-8-7-19(15-25(21)28-26(22)23)20-12-17(2)11-18(3)13-20;1-19(2,3)13-16-12-17(15-10-8-7-9-11-15)20-14-18(16)21(4,5)6;1-16(2,3)12-13-9-10-17-15(11-13)14-7-5-4-6-8-14;/h4-15H,1-3H3;7-12,14H,13H2,1-6H3;4-11H,12H2,1-3H3;. The van der Waals surface area contributed by atoms with E-state index in [0.29, 0.717) is 10.8 Å². The number of aryl methyl sites for hydroxylation is 3. The molecule has 0 amide bonds. The topological polar surface area (TPSA) is 51.8 Å². The molecule has 0 aliphatic rings. The number of pyridine rings is 3. The molecule has 0 spiro atoms. The first kappa shape index (κ1) is 50.6. The number of para-hydroxylation sites is 1. The molecule has 0 unspecified atom stereocenters. The van der Waals surface area contributed by atoms with E-state index in [-0.39, 0.29) is 20.1 Å². The molecule has 9 rings (SSSR count). The van der Waals surface area contributed by atoms with Crippen LogP contribution in [0.15, 0.2) is 169 Å². The molecule has 0 N–H and O–H groups in total. The Morgan fingerprint density at radius 1 is 0.478 bits per heavy atom. The van der Waals surface area contributed by atoms with Crippen molar-refractivity contribution in [3.05, 3.63) is 192 Å². The van der Waals surface area contributed by atoms with E-state index in [1.54, 1.807) is 0 Å². The Morgan fingerprint density at radius 2 is 1.07 bits per heavy atom. The molecule has 0 aliphatic carbocycles. The molecule has 4 heterocycles. The first-order valence-electron chi connectivity index (χ1n) is 23.3. The number of hydrogen-bond donors (Lipinski definition) is 0. The van der Waals surface area contributed by atoms with Crippen molar-refractivity contribution in [3.8, 4) is 44.9 Å². The molecular formula is C61H67IrN3OSi. The van der Waals surface area contributed by atoms with E-state index in [2.05, 4.69) is 219 Å². The second kappa shape index (κ2) is 21.5. The van der Waals surface area contributed by atoms with E-state index >= 15 is 0 Å². The summed E-state index contributed by atoms with van der Waals surface area (Å²) in [6, 6.07) is 51.0. The fourth-order valence-corrected chi connectivity index (χ4v) is 10.2. The van der Waals surface area contributed by atoms with Crippen LogP contribution in [-0.4, -0.2) is 23.0 Å². The Labute approximate surface area is 414 Å². The van der Waals surface area contributed by atoms with Gasteiger partial charge in [-0.05, 0) is 126 Å². The van der Waals surface area contributed by atoms with Crippen LogP contribution in [0.2, 0.25) is 19.6 Å². The molecule has 4 aromatic heterocycles. The van der Waals surface area contributed by atoms with E-state index in [1.165, 1.54) is 55.3 Å². The number of aromatic nitrogens is 3. The van der Waals surface area contributed by atoms with Crippen molar-refractivity contribution in [2.45, 2.75) is 94.8 Å². The SMILES string of the molecule is CC(C)(C)Cc1cc(-c2ccccc2)ncc1[Si](C)(C)C.CC(C)(C)Cc1ccnc(-c2ccccc2)c1.Cc1cc(C)cc(-c2ccc3c(c2)oc2c(-c4cc(C)ccn4)cccc23)c1.[Ir]. The molecule has 4 nitrogen and oxygen atoms in total. The summed E-state index contributed by atoms with van der Waals surface area (Å²) in [6.07, 6.45) is 8.08. The minimum Gasteiger partial charge on any atom is -0.455 e. The van der Waals surface area contributed by atoms with E-state index in [4.69, 9.17) is 9.40 Å². The second-order valence-corrected chi connectivity index (χ2v) is 26.4. The van der Waals surface area contributed by atoms with Crippen LogP contribution in [0.5, 0.6) is 0 Å². The number of hydrogen-bond acceptors (Lipinski definition) is 4. The molecule has 6 heteroatoms. The van der Waals surface area contributed by atoms with Gasteiger partial charge in [-0.2, -0.15) is 0 Å². The van der Waals surface area contributed by atoms with Gasteiger partial charge in [0.2, 0.25) is 0 Å². The Morgan fingerprint density at radius 3 is 1.67 bits per heavy atom. The molecule has 0 fully saturated rings. The quantitative estimate of drug-likeness (QED) is 0.149. The smallest absolute Gasteiger partial charge is 0.144 e. The Kier molecular flexibility index (Phi) is 16.2. The van der Waals surface area contributed by atoms with Crippen LogP contribution in [0, 0.1) is 31.6 Å². The Bertz CT molecular complexity index is 3040. The Hall–Kier alpha value is -5.78. The van der Waals surface area contributed by atoms with Crippen molar-refractivity contribution in [1.82, 2.24) is 15.0 Å². The van der Waals surface area contributed by atoms with E-state index < -0.39 is 8.07 Å². The van der Waals surface area contributed by atoms with E-state index in [0.717, 1.165) is 57.4 Å². The predicted octanol–water partition coefficient (Wildman–Crippen LogP) is 16.5. The molecule has 0 atom stereocenters. The average molecular weight is 1080 g/mol. The zero-order chi connectivity index (χ0) is 47.2. The minimum atomic E-state index is -1.36. The largest absolute Gasteiger partial charge is 0.455 e. The van der Waals surface area contributed by atoms with Gasteiger partial charge in [-0.25, -0.2) is 0 Å². The third-order valence-electron chi connectivity index (χ3n) is 11.5. The molecule has 0 bridgehead atoms. The average Bonchev–Trinajstić information content (AvgIpc) is 3.64. The molecule has 345 valence electrons. The molecule has 67 heavy (non-hydrogen) atoms. The normalized spacial score (nSPS) is 11.6. The molecule has 1 radical (unpaired) electrons. The first-order valence-corrected chi connectivity index (χ1v) is 26.8. The van der Waals surface area contributed by atoms with E-state index in [9.17, 15) is 0 Å². The van der Waals surface area contributed by atoms with Gasteiger partial charge < -0.3 is 4.42 Å². The van der Waals surface area contributed by atoms with Crippen molar-refractivity contribution in [1.29, 1.82) is 0 Å². The van der Waals surface area contributed by atoms with Crippen molar-refractivity contribution >= 4 is 35.2 Å². The third kappa shape index (κ3) is 13.7. The Balaban J connectivity index is 0.000000171. The molecule has 0 aliphatic heterocycles. The molecule has 5 aromatic carbocycles. The van der Waals surface area contributed by atoms with Crippen molar-refractivity contribution in [2.24, 2.45) is 10.8 Å². The summed E-state index contributed by atoms with van der Waals surface area (Å²) in [6.45, 7) is 27.3. The maximum absolute atomic E-state index is 6.36. The molecule has 0 saturated carbocycles. The zero-order valence-corrected chi connectivity index (χ0v) is 45.0. The summed E-state index contributed by atoms with van der Waals surface area (Å²) in [7, 11) is -1.36. The number of benzene rings is 5. The zero-order valence-electron chi connectivity index (χ0n) is 41.6. The van der Waals surface area contributed by atoms with Gasteiger partial charge in [0.1, 0.15) is 11.2 Å². The van der Waals surface area contributed by atoms with Crippen LogP contribution >= 0.6 is 0 Å². The summed E-state index contributed by atoms with van der Waals surface area (Å²) < 4.78 is 6.36. The number of rotatable bonds is 7. The summed E-state index contributed by atoms with van der Waals surface area (Å²) in [5.41, 5.74) is 17.9. The molecule has 9 aromatic rings. The predicted molar refractivity (Wildman–Crippen MR) is 285 cm³/mol. The van der Waals surface area contributed by atoms with Gasteiger partial charge in [-0.15, -0.1) is 0 Å². The molecule has 0 saturated heterocycles. The fourth-order valence-electron chi connectivity index (χ4n) is 8.62. The number of furan rings is 1. The number of fused-ring (bicyclic) bond motifs is 3. The van der Waals surface area contributed by atoms with Gasteiger partial charge in [-0.3, -0.25) is 15.0 Å². The van der Waals surface area contributed by atoms with Gasteiger partial charge in [0, 0.05) is 66.2 Å². The van der Waals surface area contributed by atoms with Crippen molar-refractivity contribution < 1.29 is 24.5 Å². The van der Waals surface area contributed by atoms with Gasteiger partial charge in [0.25, 0.3) is 0 Å². The van der Waals surface area contributed by atoms with Gasteiger partial charge in [0.15, 0.2) is 0 Å². The third-order valence-corrected chi connectivity index (χ3v) is 13.5. The van der Waals surface area contributed by atoms with E-state index in [1.807, 2.05) is 36.7 Å². The van der Waals surface area contributed by atoms with Gasteiger partial charge in [0.05, 0.1) is 25.2 Å². The summed E-state index contributed by atoms with van der Waals surface area (Å²) in [5.74, 6) is 0. The summed E-state index contributed by atoms with van der Waals surface area (Å²) >= 11 is 0. The summed E-state index contributed by atoms with van der Waals surface area (Å²) in [5, 5.41) is 3.76. The first-order chi connectivity index (χ1) is 31.3. The van der Waals surface area contributed by atoms with Crippen LogP contribution in [0.25, 0.3) is 66.8 Å². The van der Waals surface area contributed by atoms with Crippen LogP contribution in [0.1, 0.15) is 69.4 Å². The second-order valence-electron chi connectivity index (χ2n) is 21.3. The maximum Gasteiger partial charge on any atom is 0.144 e. The summed E-state index contributed by atoms with van der Waals surface area (Å²) in [4.78, 5) is 13.7. The van der Waals surface area contributed by atoms with Crippen LogP contribution in [0.4, 0.5) is 0 Å². The van der Waals surface area contributed by atoms with Crippen molar-refractivity contribution in [3.63, 3.8) is 0 Å². The fraction of sp³-hybridized carbons (Fsp3) is 0.262. The van der Waals surface area contributed by atoms with Crippen LogP contribution in [-0.2, 0) is 32.9 Å². The van der Waals surface area contributed by atoms with Gasteiger partial charge in [-0.1, -0.05) is 169 Å². The molecular weight excluding hydrogens is 1010 g/mol. The van der Waals surface area contributed by atoms with Crippen LogP contribution in [0.3, 0.4) is 0 Å². The van der Waals surface area contributed by atoms with Crippen LogP contribution < -0.4 is 5.19 Å². The monoisotopic (exact) mass is 1080 g/mol.